The van der Waals surface area contributed by atoms with Gasteiger partial charge in [0.05, 0.1) is 23.3 Å². The van der Waals surface area contributed by atoms with Gasteiger partial charge in [-0.3, -0.25) is 4.72 Å². The van der Waals surface area contributed by atoms with Crippen LogP contribution >= 0.6 is 12.1 Å². The van der Waals surface area contributed by atoms with E-state index in [1.165, 1.54) is 24.3 Å². The standard InChI is InChI=1S/C27H21F3N6O2S/c1-16-4-3-5-17(2)24(16)32-26(37)34-39-31-15-18-6-12-22-19(14-18)7-13-23-25(22)33-35-36(23)20-8-10-21(11-9-20)38-27(28,29)30/h3-15H,1-2H3,(H2,32,34,37). The smallest absolute Gasteiger partial charge is 0.406 e. The lowest BCUT2D eigenvalue weighted by Gasteiger charge is -2.10. The zero-order chi connectivity index (χ0) is 27.6. The molecule has 2 amide bonds. The van der Waals surface area contributed by atoms with Gasteiger partial charge in [-0.2, -0.15) is 0 Å². The van der Waals surface area contributed by atoms with Crippen LogP contribution in [0, 0.1) is 13.8 Å². The van der Waals surface area contributed by atoms with Crippen molar-refractivity contribution < 1.29 is 22.7 Å². The van der Waals surface area contributed by atoms with Crippen LogP contribution in [-0.2, 0) is 0 Å². The summed E-state index contributed by atoms with van der Waals surface area (Å²) in [5, 5.41) is 13.1. The van der Waals surface area contributed by atoms with E-state index in [9.17, 15) is 18.0 Å². The second-order valence-corrected chi connectivity index (χ2v) is 9.20. The van der Waals surface area contributed by atoms with Crippen molar-refractivity contribution in [2.75, 3.05) is 5.32 Å². The molecule has 0 bridgehead atoms. The van der Waals surface area contributed by atoms with Crippen molar-refractivity contribution in [3.05, 3.63) is 89.5 Å². The lowest BCUT2D eigenvalue weighted by Crippen LogP contribution is -2.23. The van der Waals surface area contributed by atoms with Gasteiger partial charge >= 0.3 is 12.4 Å². The fourth-order valence-corrected chi connectivity index (χ4v) is 4.46. The van der Waals surface area contributed by atoms with Crippen molar-refractivity contribution in [1.82, 2.24) is 19.7 Å². The Morgan fingerprint density at radius 2 is 1.77 bits per heavy atom. The Bertz CT molecular complexity index is 1680. The first-order chi connectivity index (χ1) is 18.7. The van der Waals surface area contributed by atoms with E-state index < -0.39 is 6.36 Å². The van der Waals surface area contributed by atoms with Crippen LogP contribution in [0.25, 0.3) is 27.5 Å². The van der Waals surface area contributed by atoms with Crippen LogP contribution in [0.3, 0.4) is 0 Å². The van der Waals surface area contributed by atoms with Gasteiger partial charge in [0, 0.05) is 17.3 Å². The molecule has 0 atom stereocenters. The molecule has 0 saturated carbocycles. The molecule has 1 aromatic heterocycles. The Morgan fingerprint density at radius 3 is 2.49 bits per heavy atom. The fraction of sp³-hybridized carbons (Fsp3) is 0.111. The molecule has 0 spiro atoms. The number of nitrogens with zero attached hydrogens (tertiary/aromatic N) is 4. The SMILES string of the molecule is Cc1cccc(C)c1NC(=O)NSN=Cc1ccc2c(ccc3c2nnn3-c2ccc(OC(F)(F)F)cc2)c1. The molecular weight excluding hydrogens is 529 g/mol. The minimum atomic E-state index is -4.76. The average molecular weight is 551 g/mol. The first-order valence-electron chi connectivity index (χ1n) is 11.6. The van der Waals surface area contributed by atoms with Crippen LogP contribution in [0.15, 0.2) is 77.2 Å². The van der Waals surface area contributed by atoms with Crippen LogP contribution in [0.2, 0.25) is 0 Å². The number of halogens is 3. The highest BCUT2D eigenvalue weighted by molar-refractivity contribution is 7.96. The molecule has 0 radical (unpaired) electrons. The molecule has 198 valence electrons. The summed E-state index contributed by atoms with van der Waals surface area (Å²) in [7, 11) is 0. The largest absolute Gasteiger partial charge is 0.573 e. The number of rotatable bonds is 6. The number of anilines is 1. The number of urea groups is 1. The molecule has 12 heteroatoms. The number of alkyl halides is 3. The Hall–Kier alpha value is -4.58. The second-order valence-electron chi connectivity index (χ2n) is 8.61. The van der Waals surface area contributed by atoms with E-state index in [1.54, 1.807) is 10.9 Å². The zero-order valence-electron chi connectivity index (χ0n) is 20.7. The van der Waals surface area contributed by atoms with Crippen molar-refractivity contribution in [3.63, 3.8) is 0 Å². The summed E-state index contributed by atoms with van der Waals surface area (Å²) in [6.07, 6.45) is -3.12. The van der Waals surface area contributed by atoms with Crippen LogP contribution in [0.5, 0.6) is 5.75 Å². The highest BCUT2D eigenvalue weighted by Crippen LogP contribution is 2.28. The maximum atomic E-state index is 12.4. The third-order valence-electron chi connectivity index (χ3n) is 5.88. The number of hydrogen-bond acceptors (Lipinski definition) is 6. The lowest BCUT2D eigenvalue weighted by molar-refractivity contribution is -0.274. The van der Waals surface area contributed by atoms with Crippen LogP contribution in [-0.4, -0.2) is 33.6 Å². The number of hydrogen-bond donors (Lipinski definition) is 2. The molecule has 8 nitrogen and oxygen atoms in total. The number of aryl methyl sites for hydroxylation is 2. The second kappa shape index (κ2) is 10.7. The minimum Gasteiger partial charge on any atom is -0.406 e. The number of carbonyl (C=O) groups excluding carboxylic acids is 1. The predicted molar refractivity (Wildman–Crippen MR) is 146 cm³/mol. The van der Waals surface area contributed by atoms with Gasteiger partial charge in [-0.25, -0.2) is 13.9 Å². The number of ether oxygens (including phenoxy) is 1. The summed E-state index contributed by atoms with van der Waals surface area (Å²) in [5.41, 5.74) is 5.41. The summed E-state index contributed by atoms with van der Waals surface area (Å²) in [4.78, 5) is 12.2. The minimum absolute atomic E-state index is 0.314. The third kappa shape index (κ3) is 5.96. The van der Waals surface area contributed by atoms with Crippen molar-refractivity contribution in [3.8, 4) is 11.4 Å². The number of nitrogens with one attached hydrogen (secondary N) is 2. The van der Waals surface area contributed by atoms with Crippen LogP contribution < -0.4 is 14.8 Å². The van der Waals surface area contributed by atoms with Crippen molar-refractivity contribution >= 4 is 51.9 Å². The van der Waals surface area contributed by atoms with Gasteiger partial charge in [0.1, 0.15) is 11.3 Å². The molecule has 0 saturated heterocycles. The molecule has 4 aromatic carbocycles. The first-order valence-corrected chi connectivity index (χ1v) is 12.4. The Kier molecular flexibility index (Phi) is 7.11. The molecule has 0 aliphatic heterocycles. The fourth-order valence-electron chi connectivity index (χ4n) is 4.10. The van der Waals surface area contributed by atoms with Gasteiger partial charge < -0.3 is 10.1 Å². The van der Waals surface area contributed by atoms with E-state index in [-0.39, 0.29) is 11.8 Å². The molecule has 0 fully saturated rings. The molecular formula is C27H21F3N6O2S. The molecule has 2 N–H and O–H groups in total. The Balaban J connectivity index is 1.27. The highest BCUT2D eigenvalue weighted by atomic mass is 32.2. The number of benzene rings is 4. The molecule has 1 heterocycles. The van der Waals surface area contributed by atoms with Gasteiger partial charge in [-0.05, 0) is 72.3 Å². The van der Waals surface area contributed by atoms with Crippen LogP contribution in [0.1, 0.15) is 16.7 Å². The van der Waals surface area contributed by atoms with E-state index in [2.05, 4.69) is 29.5 Å². The topological polar surface area (TPSA) is 93.4 Å². The summed E-state index contributed by atoms with van der Waals surface area (Å²) >= 11 is 0.910. The summed E-state index contributed by atoms with van der Waals surface area (Å²) < 4.78 is 49.6. The number of amides is 2. The molecule has 39 heavy (non-hydrogen) atoms. The first kappa shape index (κ1) is 26.0. The predicted octanol–water partition coefficient (Wildman–Crippen LogP) is 6.89. The molecule has 0 unspecified atom stereocenters. The molecule has 0 aliphatic rings. The molecule has 5 aromatic rings. The van der Waals surface area contributed by atoms with Gasteiger partial charge in [-0.15, -0.1) is 18.3 Å². The normalized spacial score (nSPS) is 11.8. The molecule has 5 rings (SSSR count). The number of carbonyl (C=O) groups is 1. The third-order valence-corrected chi connectivity index (χ3v) is 6.37. The highest BCUT2D eigenvalue weighted by Gasteiger charge is 2.31. The van der Waals surface area contributed by atoms with Crippen molar-refractivity contribution in [2.24, 2.45) is 4.40 Å². The lowest BCUT2D eigenvalue weighted by atomic mass is 10.1. The quantitative estimate of drug-likeness (QED) is 0.177. The number of fused-ring (bicyclic) bond motifs is 3. The Labute approximate surface area is 225 Å². The van der Waals surface area contributed by atoms with Crippen molar-refractivity contribution in [1.29, 1.82) is 0 Å². The van der Waals surface area contributed by atoms with Crippen molar-refractivity contribution in [2.45, 2.75) is 20.2 Å². The van der Waals surface area contributed by atoms with Gasteiger partial charge in [-0.1, -0.05) is 41.6 Å². The van der Waals surface area contributed by atoms with Crippen LogP contribution in [0.4, 0.5) is 23.7 Å². The van der Waals surface area contributed by atoms with E-state index in [0.717, 1.165) is 45.3 Å². The van der Waals surface area contributed by atoms with Gasteiger partial charge in [0.25, 0.3) is 0 Å². The molecule has 0 aliphatic carbocycles. The van der Waals surface area contributed by atoms with E-state index in [1.807, 2.05) is 62.4 Å². The van der Waals surface area contributed by atoms with E-state index in [4.69, 9.17) is 0 Å². The van der Waals surface area contributed by atoms with E-state index >= 15 is 0 Å². The van der Waals surface area contributed by atoms with E-state index in [0.29, 0.717) is 16.7 Å². The number of aromatic nitrogens is 3. The van der Waals surface area contributed by atoms with Gasteiger partial charge in [0.2, 0.25) is 0 Å². The van der Waals surface area contributed by atoms with Gasteiger partial charge in [0.15, 0.2) is 0 Å². The maximum absolute atomic E-state index is 12.4. The maximum Gasteiger partial charge on any atom is 0.573 e. The summed E-state index contributed by atoms with van der Waals surface area (Å²) in [5.74, 6) is -0.314. The Morgan fingerprint density at radius 1 is 1.03 bits per heavy atom. The monoisotopic (exact) mass is 550 g/mol. The average Bonchev–Trinajstić information content (AvgIpc) is 3.33. The number of para-hydroxylation sites is 1. The summed E-state index contributed by atoms with van der Waals surface area (Å²) in [6, 6.07) is 20.3. The zero-order valence-corrected chi connectivity index (χ0v) is 21.5. The summed E-state index contributed by atoms with van der Waals surface area (Å²) in [6.45, 7) is 3.85.